The largest absolute Gasteiger partial charge is 0.497 e. The lowest BCUT2D eigenvalue weighted by Gasteiger charge is -2.35. The van der Waals surface area contributed by atoms with Crippen molar-refractivity contribution < 1.29 is 14.3 Å². The Morgan fingerprint density at radius 1 is 0.824 bits per heavy atom. The molecule has 1 aromatic heterocycles. The van der Waals surface area contributed by atoms with E-state index in [1.807, 2.05) is 59.3 Å². The maximum atomic E-state index is 13.0. The molecule has 0 atom stereocenters. The predicted molar refractivity (Wildman–Crippen MR) is 128 cm³/mol. The molecule has 3 aromatic carbocycles. The number of hydrogen-bond donors (Lipinski definition) is 0. The third kappa shape index (κ3) is 4.34. The van der Waals surface area contributed by atoms with E-state index in [1.54, 1.807) is 35.1 Å². The zero-order valence-electron chi connectivity index (χ0n) is 18.9. The Morgan fingerprint density at radius 3 is 2.21 bits per heavy atom. The van der Waals surface area contributed by atoms with E-state index < -0.39 is 0 Å². The molecule has 2 amide bonds. The van der Waals surface area contributed by atoms with Crippen molar-refractivity contribution >= 4 is 22.8 Å². The van der Waals surface area contributed by atoms with Crippen LogP contribution in [0.4, 0.5) is 0 Å². The molecule has 0 bridgehead atoms. The van der Waals surface area contributed by atoms with Gasteiger partial charge >= 0.3 is 0 Å². The fourth-order valence-corrected chi connectivity index (χ4v) is 4.19. The van der Waals surface area contributed by atoms with Crippen LogP contribution in [0, 0.1) is 0 Å². The van der Waals surface area contributed by atoms with Crippen LogP contribution in [0.15, 0.2) is 72.8 Å². The molecule has 1 fully saturated rings. The number of para-hydroxylation sites is 1. The number of piperazine rings is 1. The van der Waals surface area contributed by atoms with E-state index in [9.17, 15) is 9.59 Å². The van der Waals surface area contributed by atoms with Crippen LogP contribution in [0.3, 0.4) is 0 Å². The lowest BCUT2D eigenvalue weighted by Crippen LogP contribution is -2.50. The Balaban J connectivity index is 1.19. The molecule has 8 nitrogen and oxygen atoms in total. The lowest BCUT2D eigenvalue weighted by atomic mass is 10.1. The third-order valence-electron chi connectivity index (χ3n) is 6.12. The molecule has 0 saturated carbocycles. The molecule has 1 aliphatic heterocycles. The smallest absolute Gasteiger partial charge is 0.254 e. The Labute approximate surface area is 197 Å². The molecule has 0 unspecified atom stereocenters. The van der Waals surface area contributed by atoms with Crippen LogP contribution < -0.4 is 4.74 Å². The van der Waals surface area contributed by atoms with Gasteiger partial charge in [-0.15, -0.1) is 5.10 Å². The molecule has 1 aliphatic rings. The number of ether oxygens (including phenoxy) is 1. The number of fused-ring (bicyclic) bond motifs is 1. The maximum Gasteiger partial charge on any atom is 0.254 e. The SMILES string of the molecule is COc1cccc(C(=O)N2CCN(C(=O)c3ccc(Cn4nnc5ccccc54)cc3)CC2)c1. The van der Waals surface area contributed by atoms with Gasteiger partial charge in [-0.2, -0.15) is 0 Å². The molecule has 5 rings (SSSR count). The van der Waals surface area contributed by atoms with Gasteiger partial charge in [0.1, 0.15) is 11.3 Å². The highest BCUT2D eigenvalue weighted by Gasteiger charge is 2.25. The van der Waals surface area contributed by atoms with Gasteiger partial charge in [0.05, 0.1) is 19.2 Å². The van der Waals surface area contributed by atoms with Crippen molar-refractivity contribution in [1.82, 2.24) is 24.8 Å². The Bertz CT molecular complexity index is 1320. The first kappa shape index (κ1) is 21.6. The molecule has 34 heavy (non-hydrogen) atoms. The average molecular weight is 456 g/mol. The second kappa shape index (κ2) is 9.35. The van der Waals surface area contributed by atoms with Gasteiger partial charge < -0.3 is 14.5 Å². The first-order chi connectivity index (χ1) is 16.6. The second-order valence-electron chi connectivity index (χ2n) is 8.25. The third-order valence-corrected chi connectivity index (χ3v) is 6.12. The fraction of sp³-hybridized carbons (Fsp3) is 0.231. The Kier molecular flexibility index (Phi) is 5.95. The number of hydrogen-bond acceptors (Lipinski definition) is 5. The number of methoxy groups -OCH3 is 1. The Hall–Kier alpha value is -4.20. The van der Waals surface area contributed by atoms with E-state index >= 15 is 0 Å². The van der Waals surface area contributed by atoms with Crippen molar-refractivity contribution in [2.45, 2.75) is 6.54 Å². The molecule has 0 N–H and O–H groups in total. The highest BCUT2D eigenvalue weighted by Crippen LogP contribution is 2.17. The van der Waals surface area contributed by atoms with Crippen molar-refractivity contribution in [3.63, 3.8) is 0 Å². The standard InChI is InChI=1S/C26H25N5O3/c1-34-22-6-4-5-21(17-22)26(33)30-15-13-29(14-16-30)25(32)20-11-9-19(10-12-20)18-31-24-8-3-2-7-23(24)27-28-31/h2-12,17H,13-16,18H2,1H3. The van der Waals surface area contributed by atoms with E-state index in [1.165, 1.54) is 0 Å². The summed E-state index contributed by atoms with van der Waals surface area (Å²) in [7, 11) is 1.58. The molecule has 172 valence electrons. The highest BCUT2D eigenvalue weighted by atomic mass is 16.5. The molecule has 0 aliphatic carbocycles. The summed E-state index contributed by atoms with van der Waals surface area (Å²) < 4.78 is 7.07. The van der Waals surface area contributed by atoms with Crippen molar-refractivity contribution in [3.05, 3.63) is 89.5 Å². The lowest BCUT2D eigenvalue weighted by molar-refractivity contribution is 0.0535. The topological polar surface area (TPSA) is 80.6 Å². The normalized spacial score (nSPS) is 13.8. The van der Waals surface area contributed by atoms with E-state index in [0.717, 1.165) is 16.6 Å². The summed E-state index contributed by atoms with van der Waals surface area (Å²) in [5, 5.41) is 8.41. The van der Waals surface area contributed by atoms with Gasteiger partial charge in [-0.05, 0) is 48.0 Å². The van der Waals surface area contributed by atoms with Crippen LogP contribution in [-0.4, -0.2) is 69.9 Å². The zero-order valence-corrected chi connectivity index (χ0v) is 18.9. The van der Waals surface area contributed by atoms with Crippen LogP contribution >= 0.6 is 0 Å². The van der Waals surface area contributed by atoms with Crippen LogP contribution in [0.1, 0.15) is 26.3 Å². The molecular formula is C26H25N5O3. The number of aromatic nitrogens is 3. The van der Waals surface area contributed by atoms with Crippen molar-refractivity contribution in [3.8, 4) is 5.75 Å². The fourth-order valence-electron chi connectivity index (χ4n) is 4.19. The number of benzene rings is 3. The van der Waals surface area contributed by atoms with Gasteiger partial charge in [0.2, 0.25) is 0 Å². The minimum absolute atomic E-state index is 0.0220. The van der Waals surface area contributed by atoms with Gasteiger partial charge in [0.15, 0.2) is 0 Å². The second-order valence-corrected chi connectivity index (χ2v) is 8.25. The monoisotopic (exact) mass is 455 g/mol. The van der Waals surface area contributed by atoms with Crippen LogP contribution in [0.5, 0.6) is 5.75 Å². The first-order valence-electron chi connectivity index (χ1n) is 11.2. The summed E-state index contributed by atoms with van der Waals surface area (Å²) in [6.45, 7) is 2.58. The number of carbonyl (C=O) groups is 2. The minimum Gasteiger partial charge on any atom is -0.497 e. The summed E-state index contributed by atoms with van der Waals surface area (Å²) in [4.78, 5) is 29.4. The molecule has 1 saturated heterocycles. The quantitative estimate of drug-likeness (QED) is 0.462. The van der Waals surface area contributed by atoms with Crippen LogP contribution in [0.25, 0.3) is 11.0 Å². The van der Waals surface area contributed by atoms with Crippen molar-refractivity contribution in [1.29, 1.82) is 0 Å². The summed E-state index contributed by atoms with van der Waals surface area (Å²) >= 11 is 0. The van der Waals surface area contributed by atoms with Gasteiger partial charge in [-0.25, -0.2) is 4.68 Å². The van der Waals surface area contributed by atoms with Gasteiger partial charge in [0.25, 0.3) is 11.8 Å². The molecule has 0 radical (unpaired) electrons. The minimum atomic E-state index is -0.0454. The van der Waals surface area contributed by atoms with Crippen LogP contribution in [-0.2, 0) is 6.54 Å². The van der Waals surface area contributed by atoms with Gasteiger partial charge in [-0.1, -0.05) is 35.5 Å². The number of rotatable bonds is 5. The van der Waals surface area contributed by atoms with E-state index in [0.29, 0.717) is 49.6 Å². The molecular weight excluding hydrogens is 430 g/mol. The van der Waals surface area contributed by atoms with Gasteiger partial charge in [0, 0.05) is 37.3 Å². The van der Waals surface area contributed by atoms with Crippen LogP contribution in [0.2, 0.25) is 0 Å². The summed E-state index contributed by atoms with van der Waals surface area (Å²) in [6.07, 6.45) is 0. The van der Waals surface area contributed by atoms with Crippen molar-refractivity contribution in [2.75, 3.05) is 33.3 Å². The summed E-state index contributed by atoms with van der Waals surface area (Å²) in [5.41, 5.74) is 4.11. The number of nitrogens with zero attached hydrogens (tertiary/aromatic N) is 5. The average Bonchev–Trinajstić information content (AvgIpc) is 3.31. The number of carbonyl (C=O) groups excluding carboxylic acids is 2. The number of amides is 2. The predicted octanol–water partition coefficient (Wildman–Crippen LogP) is 3.09. The highest BCUT2D eigenvalue weighted by molar-refractivity contribution is 5.96. The van der Waals surface area contributed by atoms with E-state index in [2.05, 4.69) is 10.3 Å². The first-order valence-corrected chi connectivity index (χ1v) is 11.2. The Morgan fingerprint density at radius 2 is 1.50 bits per heavy atom. The molecule has 4 aromatic rings. The van der Waals surface area contributed by atoms with Gasteiger partial charge in [-0.3, -0.25) is 9.59 Å². The van der Waals surface area contributed by atoms with E-state index in [4.69, 9.17) is 4.74 Å². The summed E-state index contributed by atoms with van der Waals surface area (Å²) in [5.74, 6) is 0.585. The maximum absolute atomic E-state index is 13.0. The van der Waals surface area contributed by atoms with E-state index in [-0.39, 0.29) is 11.8 Å². The summed E-state index contributed by atoms with van der Waals surface area (Å²) in [6, 6.07) is 22.6. The molecule has 8 heteroatoms. The molecule has 0 spiro atoms. The molecule has 2 heterocycles. The van der Waals surface area contributed by atoms with Crippen molar-refractivity contribution in [2.24, 2.45) is 0 Å². The zero-order chi connectivity index (χ0) is 23.5.